The fourth-order valence-electron chi connectivity index (χ4n) is 1.46. The molecule has 1 aliphatic heterocycles. The van der Waals surface area contributed by atoms with Crippen molar-refractivity contribution < 1.29 is 8.42 Å². The Hall–Kier alpha value is -0.880. The summed E-state index contributed by atoms with van der Waals surface area (Å²) >= 11 is 0. The van der Waals surface area contributed by atoms with Crippen LogP contribution >= 0.6 is 0 Å². The van der Waals surface area contributed by atoms with E-state index in [2.05, 4.69) is 9.71 Å². The van der Waals surface area contributed by atoms with E-state index in [1.165, 1.54) is 12.5 Å². The predicted molar refractivity (Wildman–Crippen MR) is 54.3 cm³/mol. The van der Waals surface area contributed by atoms with E-state index in [4.69, 9.17) is 5.73 Å². The highest BCUT2D eigenvalue weighted by molar-refractivity contribution is 7.94. The zero-order chi connectivity index (χ0) is 10.2. The van der Waals surface area contributed by atoms with Crippen LogP contribution in [0.4, 0.5) is 0 Å². The molecule has 2 aliphatic rings. The molecule has 5 nitrogen and oxygen atoms in total. The van der Waals surface area contributed by atoms with Gasteiger partial charge in [-0.05, 0) is 18.9 Å². The van der Waals surface area contributed by atoms with Crippen molar-refractivity contribution in [3.63, 3.8) is 0 Å². The first kappa shape index (κ1) is 9.67. The lowest BCUT2D eigenvalue weighted by Crippen LogP contribution is -2.36. The van der Waals surface area contributed by atoms with Gasteiger partial charge in [-0.25, -0.2) is 0 Å². The van der Waals surface area contributed by atoms with Crippen molar-refractivity contribution in [2.45, 2.75) is 25.3 Å². The van der Waals surface area contributed by atoms with Gasteiger partial charge in [0.15, 0.2) is 0 Å². The zero-order valence-corrected chi connectivity index (χ0v) is 8.55. The maximum Gasteiger partial charge on any atom is 0.281 e. The molecule has 1 aliphatic carbocycles. The smallest absolute Gasteiger partial charge is 0.281 e. The normalized spacial score (nSPS) is 25.4. The van der Waals surface area contributed by atoms with E-state index in [9.17, 15) is 8.42 Å². The Labute approximate surface area is 83.1 Å². The van der Waals surface area contributed by atoms with E-state index >= 15 is 0 Å². The second-order valence-corrected chi connectivity index (χ2v) is 5.27. The SMILES string of the molecule is NC1=NS(=O)(=O)C(CNC2CCC2)=C1. The van der Waals surface area contributed by atoms with Crippen LogP contribution < -0.4 is 11.1 Å². The second kappa shape index (κ2) is 3.36. The van der Waals surface area contributed by atoms with Crippen molar-refractivity contribution in [1.82, 2.24) is 5.32 Å². The van der Waals surface area contributed by atoms with Gasteiger partial charge in [0, 0.05) is 12.6 Å². The Kier molecular flexibility index (Phi) is 2.32. The summed E-state index contributed by atoms with van der Waals surface area (Å²) in [5.41, 5.74) is 5.32. The lowest BCUT2D eigenvalue weighted by atomic mass is 9.93. The minimum atomic E-state index is -3.45. The maximum atomic E-state index is 11.3. The molecule has 0 bridgehead atoms. The van der Waals surface area contributed by atoms with E-state index in [-0.39, 0.29) is 10.7 Å². The lowest BCUT2D eigenvalue weighted by Gasteiger charge is -2.26. The fraction of sp³-hybridized carbons (Fsp3) is 0.625. The Morgan fingerprint density at radius 2 is 2.29 bits per heavy atom. The van der Waals surface area contributed by atoms with Gasteiger partial charge in [-0.2, -0.15) is 8.42 Å². The summed E-state index contributed by atoms with van der Waals surface area (Å²) in [4.78, 5) is 0.280. The third-order valence-electron chi connectivity index (χ3n) is 2.54. The van der Waals surface area contributed by atoms with Gasteiger partial charge in [-0.15, -0.1) is 4.40 Å². The zero-order valence-electron chi connectivity index (χ0n) is 7.73. The first-order chi connectivity index (χ1) is 6.58. The molecular formula is C8H13N3O2S. The van der Waals surface area contributed by atoms with Crippen LogP contribution in [0.15, 0.2) is 15.4 Å². The average molecular weight is 215 g/mol. The van der Waals surface area contributed by atoms with Crippen LogP contribution in [-0.4, -0.2) is 26.8 Å². The quantitative estimate of drug-likeness (QED) is 0.677. The number of sulfonamides is 1. The summed E-state index contributed by atoms with van der Waals surface area (Å²) < 4.78 is 26.0. The Balaban J connectivity index is 1.96. The highest BCUT2D eigenvalue weighted by Gasteiger charge is 2.25. The van der Waals surface area contributed by atoms with Crippen molar-refractivity contribution in [2.24, 2.45) is 10.1 Å². The van der Waals surface area contributed by atoms with Crippen molar-refractivity contribution in [3.8, 4) is 0 Å². The van der Waals surface area contributed by atoms with E-state index in [1.54, 1.807) is 0 Å². The van der Waals surface area contributed by atoms with E-state index in [0.717, 1.165) is 12.8 Å². The molecule has 1 fully saturated rings. The van der Waals surface area contributed by atoms with Crippen molar-refractivity contribution in [2.75, 3.05) is 6.54 Å². The van der Waals surface area contributed by atoms with E-state index in [0.29, 0.717) is 12.6 Å². The molecule has 78 valence electrons. The number of nitrogens with zero attached hydrogens (tertiary/aromatic N) is 1. The molecule has 2 rings (SSSR count). The van der Waals surface area contributed by atoms with Crippen LogP contribution in [0.2, 0.25) is 0 Å². The largest absolute Gasteiger partial charge is 0.383 e. The lowest BCUT2D eigenvalue weighted by molar-refractivity contribution is 0.350. The molecule has 0 aromatic rings. The van der Waals surface area contributed by atoms with Crippen LogP contribution in [-0.2, 0) is 10.0 Å². The maximum absolute atomic E-state index is 11.3. The number of nitrogens with one attached hydrogen (secondary N) is 1. The van der Waals surface area contributed by atoms with Gasteiger partial charge in [0.2, 0.25) is 0 Å². The minimum Gasteiger partial charge on any atom is -0.383 e. The van der Waals surface area contributed by atoms with Gasteiger partial charge in [-0.3, -0.25) is 0 Å². The van der Waals surface area contributed by atoms with Crippen LogP contribution in [0.1, 0.15) is 19.3 Å². The highest BCUT2D eigenvalue weighted by Crippen LogP contribution is 2.20. The summed E-state index contributed by atoms with van der Waals surface area (Å²) in [7, 11) is -3.45. The number of hydrogen-bond donors (Lipinski definition) is 2. The average Bonchev–Trinajstić information content (AvgIpc) is 2.21. The van der Waals surface area contributed by atoms with E-state index < -0.39 is 10.0 Å². The van der Waals surface area contributed by atoms with Gasteiger partial charge in [-0.1, -0.05) is 6.42 Å². The third-order valence-corrected chi connectivity index (χ3v) is 3.91. The van der Waals surface area contributed by atoms with Gasteiger partial charge in [0.05, 0.1) is 4.91 Å². The molecule has 0 unspecified atom stereocenters. The van der Waals surface area contributed by atoms with Gasteiger partial charge in [0.1, 0.15) is 5.84 Å². The molecule has 1 saturated carbocycles. The second-order valence-electron chi connectivity index (χ2n) is 3.61. The molecule has 3 N–H and O–H groups in total. The molecular weight excluding hydrogens is 202 g/mol. The van der Waals surface area contributed by atoms with E-state index in [1.807, 2.05) is 0 Å². The Morgan fingerprint density at radius 1 is 1.57 bits per heavy atom. The highest BCUT2D eigenvalue weighted by atomic mass is 32.2. The molecule has 0 spiro atoms. The molecule has 0 radical (unpaired) electrons. The summed E-state index contributed by atoms with van der Waals surface area (Å²) in [5, 5.41) is 3.16. The molecule has 0 aromatic heterocycles. The summed E-state index contributed by atoms with van der Waals surface area (Å²) in [6, 6.07) is 0.466. The Morgan fingerprint density at radius 3 is 2.71 bits per heavy atom. The van der Waals surface area contributed by atoms with Gasteiger partial charge >= 0.3 is 0 Å². The van der Waals surface area contributed by atoms with Crippen molar-refractivity contribution in [3.05, 3.63) is 11.0 Å². The van der Waals surface area contributed by atoms with Crippen LogP contribution in [0.5, 0.6) is 0 Å². The molecule has 0 atom stereocenters. The number of amidine groups is 1. The van der Waals surface area contributed by atoms with Crippen LogP contribution in [0.3, 0.4) is 0 Å². The number of rotatable bonds is 3. The Bertz CT molecular complexity index is 393. The fourth-order valence-corrected chi connectivity index (χ4v) is 2.45. The van der Waals surface area contributed by atoms with Crippen molar-refractivity contribution >= 4 is 15.9 Å². The van der Waals surface area contributed by atoms with Gasteiger partial charge in [0.25, 0.3) is 10.0 Å². The standard InChI is InChI=1S/C8H13N3O2S/c9-8-4-7(14(12,13)11-8)5-10-6-2-1-3-6/h4,6,10H,1-3,5H2,(H2,9,11). The first-order valence-corrected chi connectivity index (χ1v) is 6.06. The topological polar surface area (TPSA) is 84.5 Å². The van der Waals surface area contributed by atoms with Crippen molar-refractivity contribution in [1.29, 1.82) is 0 Å². The summed E-state index contributed by atoms with van der Waals surface area (Å²) in [6.07, 6.45) is 4.90. The molecule has 6 heteroatoms. The molecule has 0 saturated heterocycles. The number of hydrogen-bond acceptors (Lipinski definition) is 4. The summed E-state index contributed by atoms with van der Waals surface area (Å²) in [6.45, 7) is 0.344. The molecule has 1 heterocycles. The van der Waals surface area contributed by atoms with Crippen LogP contribution in [0.25, 0.3) is 0 Å². The predicted octanol–water partition coefficient (Wildman–Crippen LogP) is -0.287. The van der Waals surface area contributed by atoms with Crippen LogP contribution in [0, 0.1) is 0 Å². The number of nitrogens with two attached hydrogens (primary N) is 1. The molecule has 0 amide bonds. The molecule has 0 aromatic carbocycles. The third kappa shape index (κ3) is 1.80. The van der Waals surface area contributed by atoms with Gasteiger partial charge < -0.3 is 11.1 Å². The molecule has 14 heavy (non-hydrogen) atoms. The first-order valence-electron chi connectivity index (χ1n) is 4.62. The summed E-state index contributed by atoms with van der Waals surface area (Å²) in [5.74, 6) is 0.0791. The monoisotopic (exact) mass is 215 g/mol. The minimum absolute atomic E-state index is 0.0791.